The van der Waals surface area contributed by atoms with Crippen LogP contribution in [0, 0.1) is 0 Å². The van der Waals surface area contributed by atoms with E-state index in [9.17, 15) is 4.79 Å². The molecule has 1 aliphatic rings. The van der Waals surface area contributed by atoms with Crippen LogP contribution in [0.4, 0.5) is 0 Å². The number of carboxylic acid groups (broad SMARTS) is 1. The second-order valence-electron chi connectivity index (χ2n) is 4.77. The number of carbonyl (C=O) groups is 1. The van der Waals surface area contributed by atoms with Crippen LogP contribution in [0.5, 0.6) is 0 Å². The zero-order valence-electron chi connectivity index (χ0n) is 9.91. The molecule has 0 saturated heterocycles. The molecule has 0 amide bonds. The molecule has 0 bridgehead atoms. The maximum absolute atomic E-state index is 10.6. The zero-order valence-corrected chi connectivity index (χ0v) is 9.91. The third kappa shape index (κ3) is 4.20. The van der Waals surface area contributed by atoms with Gasteiger partial charge in [0.2, 0.25) is 0 Å². The normalized spacial score (nSPS) is 18.7. The molecule has 3 nitrogen and oxygen atoms in total. The van der Waals surface area contributed by atoms with Gasteiger partial charge in [-0.05, 0) is 26.7 Å². The molecular weight excluding hydrogens is 190 g/mol. The van der Waals surface area contributed by atoms with Crippen LogP contribution in [0.1, 0.15) is 52.4 Å². The van der Waals surface area contributed by atoms with Gasteiger partial charge in [0, 0.05) is 18.6 Å². The minimum atomic E-state index is -0.684. The first-order chi connectivity index (χ1) is 7.11. The summed E-state index contributed by atoms with van der Waals surface area (Å²) in [6.45, 7) is 5.03. The van der Waals surface area contributed by atoms with Crippen molar-refractivity contribution in [1.29, 1.82) is 0 Å². The van der Waals surface area contributed by atoms with Crippen molar-refractivity contribution in [1.82, 2.24) is 4.90 Å². The quantitative estimate of drug-likeness (QED) is 0.763. The lowest BCUT2D eigenvalue weighted by molar-refractivity contribution is -0.137. The van der Waals surface area contributed by atoms with Crippen molar-refractivity contribution in [3.8, 4) is 0 Å². The summed E-state index contributed by atoms with van der Waals surface area (Å²) in [5.74, 6) is -0.684. The first-order valence-electron chi connectivity index (χ1n) is 6.09. The third-order valence-electron chi connectivity index (χ3n) is 3.29. The fourth-order valence-corrected chi connectivity index (χ4v) is 2.50. The average Bonchev–Trinajstić information content (AvgIpc) is 2.18. The molecule has 0 aromatic carbocycles. The van der Waals surface area contributed by atoms with E-state index in [0.717, 1.165) is 0 Å². The van der Waals surface area contributed by atoms with Gasteiger partial charge in [0.1, 0.15) is 0 Å². The minimum Gasteiger partial charge on any atom is -0.481 e. The van der Waals surface area contributed by atoms with Crippen LogP contribution in [-0.2, 0) is 4.79 Å². The number of aliphatic carboxylic acids is 1. The van der Waals surface area contributed by atoms with Crippen molar-refractivity contribution in [3.05, 3.63) is 0 Å². The molecule has 15 heavy (non-hydrogen) atoms. The molecule has 1 aliphatic carbocycles. The van der Waals surface area contributed by atoms with Crippen molar-refractivity contribution in [2.24, 2.45) is 0 Å². The van der Waals surface area contributed by atoms with Gasteiger partial charge in [0.25, 0.3) is 0 Å². The molecule has 0 aliphatic heterocycles. The number of hydrogen-bond donors (Lipinski definition) is 1. The Morgan fingerprint density at radius 1 is 1.33 bits per heavy atom. The smallest absolute Gasteiger partial charge is 0.304 e. The van der Waals surface area contributed by atoms with Crippen molar-refractivity contribution in [3.63, 3.8) is 0 Å². The van der Waals surface area contributed by atoms with Gasteiger partial charge in [0.15, 0.2) is 0 Å². The summed E-state index contributed by atoms with van der Waals surface area (Å²) in [5, 5.41) is 8.72. The summed E-state index contributed by atoms with van der Waals surface area (Å²) in [4.78, 5) is 13.0. The first kappa shape index (κ1) is 12.5. The highest BCUT2D eigenvalue weighted by Crippen LogP contribution is 2.24. The summed E-state index contributed by atoms with van der Waals surface area (Å²) in [6.07, 6.45) is 6.73. The highest BCUT2D eigenvalue weighted by Gasteiger charge is 2.23. The van der Waals surface area contributed by atoms with Crippen molar-refractivity contribution < 1.29 is 9.90 Å². The minimum absolute atomic E-state index is 0.272. The molecule has 1 rings (SSSR count). The number of nitrogens with zero attached hydrogens (tertiary/aromatic N) is 1. The van der Waals surface area contributed by atoms with Gasteiger partial charge >= 0.3 is 5.97 Å². The second-order valence-corrected chi connectivity index (χ2v) is 4.77. The molecule has 88 valence electrons. The van der Waals surface area contributed by atoms with Gasteiger partial charge in [-0.1, -0.05) is 19.3 Å². The number of carboxylic acids is 1. The average molecular weight is 213 g/mol. The van der Waals surface area contributed by atoms with Crippen molar-refractivity contribution in [2.45, 2.75) is 64.5 Å². The van der Waals surface area contributed by atoms with Gasteiger partial charge in [-0.3, -0.25) is 9.69 Å². The molecule has 1 fully saturated rings. The molecular formula is C12H23NO2. The Morgan fingerprint density at radius 2 is 1.93 bits per heavy atom. The van der Waals surface area contributed by atoms with Crippen LogP contribution in [0.15, 0.2) is 0 Å². The van der Waals surface area contributed by atoms with E-state index in [1.54, 1.807) is 0 Å². The van der Waals surface area contributed by atoms with E-state index in [0.29, 0.717) is 18.6 Å². The molecule has 0 aromatic rings. The SMILES string of the molecule is CC(C)N(CCC(=O)O)C1CCCCC1. The first-order valence-corrected chi connectivity index (χ1v) is 6.09. The molecule has 1 saturated carbocycles. The third-order valence-corrected chi connectivity index (χ3v) is 3.29. The largest absolute Gasteiger partial charge is 0.481 e. The van der Waals surface area contributed by atoms with Gasteiger partial charge in [-0.2, -0.15) is 0 Å². The summed E-state index contributed by atoms with van der Waals surface area (Å²) >= 11 is 0. The van der Waals surface area contributed by atoms with Crippen LogP contribution in [0.2, 0.25) is 0 Å². The van der Waals surface area contributed by atoms with Crippen LogP contribution >= 0.6 is 0 Å². The van der Waals surface area contributed by atoms with E-state index in [1.807, 2.05) is 0 Å². The van der Waals surface area contributed by atoms with E-state index in [4.69, 9.17) is 5.11 Å². The maximum atomic E-state index is 10.6. The van der Waals surface area contributed by atoms with Crippen LogP contribution in [-0.4, -0.2) is 34.6 Å². The topological polar surface area (TPSA) is 40.5 Å². The Labute approximate surface area is 92.5 Å². The second kappa shape index (κ2) is 6.11. The Kier molecular flexibility index (Phi) is 5.09. The van der Waals surface area contributed by atoms with Gasteiger partial charge in [-0.15, -0.1) is 0 Å². The lowest BCUT2D eigenvalue weighted by Gasteiger charge is -2.37. The van der Waals surface area contributed by atoms with E-state index in [1.165, 1.54) is 32.1 Å². The Balaban J connectivity index is 2.44. The predicted molar refractivity (Wildman–Crippen MR) is 61.0 cm³/mol. The Bertz CT molecular complexity index is 198. The highest BCUT2D eigenvalue weighted by molar-refractivity contribution is 5.66. The summed E-state index contributed by atoms with van der Waals surface area (Å²) in [5.41, 5.74) is 0. The molecule has 0 spiro atoms. The van der Waals surface area contributed by atoms with Gasteiger partial charge in [0.05, 0.1) is 6.42 Å². The summed E-state index contributed by atoms with van der Waals surface area (Å²) in [7, 11) is 0. The summed E-state index contributed by atoms with van der Waals surface area (Å²) < 4.78 is 0. The molecule has 0 radical (unpaired) electrons. The van der Waals surface area contributed by atoms with Crippen molar-refractivity contribution in [2.75, 3.05) is 6.54 Å². The predicted octanol–water partition coefficient (Wildman–Crippen LogP) is 2.50. The van der Waals surface area contributed by atoms with E-state index in [2.05, 4.69) is 18.7 Å². The monoisotopic (exact) mass is 213 g/mol. The van der Waals surface area contributed by atoms with Gasteiger partial charge in [-0.25, -0.2) is 0 Å². The summed E-state index contributed by atoms with van der Waals surface area (Å²) in [6, 6.07) is 1.09. The fourth-order valence-electron chi connectivity index (χ4n) is 2.50. The lowest BCUT2D eigenvalue weighted by atomic mass is 9.93. The maximum Gasteiger partial charge on any atom is 0.304 e. The number of hydrogen-bond acceptors (Lipinski definition) is 2. The molecule has 0 atom stereocenters. The zero-order chi connectivity index (χ0) is 11.3. The van der Waals surface area contributed by atoms with Crippen LogP contribution in [0.3, 0.4) is 0 Å². The van der Waals surface area contributed by atoms with Crippen molar-refractivity contribution >= 4 is 5.97 Å². The van der Waals surface area contributed by atoms with Gasteiger partial charge < -0.3 is 5.11 Å². The molecule has 0 aromatic heterocycles. The van der Waals surface area contributed by atoms with Crippen LogP contribution in [0.25, 0.3) is 0 Å². The molecule has 0 unspecified atom stereocenters. The fraction of sp³-hybridized carbons (Fsp3) is 0.917. The Hall–Kier alpha value is -0.570. The molecule has 1 N–H and O–H groups in total. The lowest BCUT2D eigenvalue weighted by Crippen LogP contribution is -2.42. The molecule has 3 heteroatoms. The highest BCUT2D eigenvalue weighted by atomic mass is 16.4. The molecule has 0 heterocycles. The van der Waals surface area contributed by atoms with E-state index in [-0.39, 0.29) is 6.42 Å². The standard InChI is InChI=1S/C12H23NO2/c1-10(2)13(9-8-12(14)15)11-6-4-3-5-7-11/h10-11H,3-9H2,1-2H3,(H,14,15). The van der Waals surface area contributed by atoms with E-state index < -0.39 is 5.97 Å². The van der Waals surface area contributed by atoms with Crippen LogP contribution < -0.4 is 0 Å². The number of rotatable bonds is 5. The Morgan fingerprint density at radius 3 is 2.40 bits per heavy atom. The van der Waals surface area contributed by atoms with E-state index >= 15 is 0 Å².